The van der Waals surface area contributed by atoms with Crippen molar-refractivity contribution in [1.82, 2.24) is 15.2 Å². The molecule has 0 bridgehead atoms. The topological polar surface area (TPSA) is 54.2 Å². The maximum Gasteiger partial charge on any atom is 0.128 e. The highest BCUT2D eigenvalue weighted by molar-refractivity contribution is 5.40. The number of nitrogen functional groups attached to an aromatic ring is 1. The van der Waals surface area contributed by atoms with E-state index in [-0.39, 0.29) is 0 Å². The Labute approximate surface area is 96.8 Å². The maximum atomic E-state index is 5.95. The predicted octanol–water partition coefficient (Wildman–Crippen LogP) is 1.02. The third kappa shape index (κ3) is 2.33. The molecular formula is C12H20N4. The summed E-state index contributed by atoms with van der Waals surface area (Å²) in [5.74, 6) is 0.674. The van der Waals surface area contributed by atoms with E-state index in [1.807, 2.05) is 6.07 Å². The largest absolute Gasteiger partial charge is 0.383 e. The lowest BCUT2D eigenvalue weighted by Gasteiger charge is -2.34. The summed E-state index contributed by atoms with van der Waals surface area (Å²) in [6, 6.07) is 4.48. The van der Waals surface area contributed by atoms with Crippen LogP contribution in [0, 0.1) is 0 Å². The number of pyridine rings is 1. The third-order valence-electron chi connectivity index (χ3n) is 3.21. The minimum absolute atomic E-state index is 0.413. The fourth-order valence-electron chi connectivity index (χ4n) is 2.38. The molecule has 1 atom stereocenters. The van der Waals surface area contributed by atoms with Crippen molar-refractivity contribution in [3.63, 3.8) is 0 Å². The van der Waals surface area contributed by atoms with E-state index < -0.39 is 0 Å². The molecule has 1 aliphatic heterocycles. The highest BCUT2D eigenvalue weighted by atomic mass is 15.2. The van der Waals surface area contributed by atoms with Gasteiger partial charge in [0.05, 0.1) is 0 Å². The zero-order valence-electron chi connectivity index (χ0n) is 9.82. The van der Waals surface area contributed by atoms with Crippen molar-refractivity contribution in [1.29, 1.82) is 0 Å². The smallest absolute Gasteiger partial charge is 0.128 e. The zero-order valence-corrected chi connectivity index (χ0v) is 9.82. The van der Waals surface area contributed by atoms with Gasteiger partial charge in [0, 0.05) is 44.0 Å². The molecule has 0 aliphatic carbocycles. The summed E-state index contributed by atoms with van der Waals surface area (Å²) in [6.07, 6.45) is 2.83. The molecule has 0 unspecified atom stereocenters. The molecule has 16 heavy (non-hydrogen) atoms. The van der Waals surface area contributed by atoms with Gasteiger partial charge >= 0.3 is 0 Å². The Bertz CT molecular complexity index is 334. The average molecular weight is 220 g/mol. The quantitative estimate of drug-likeness (QED) is 0.798. The van der Waals surface area contributed by atoms with Gasteiger partial charge in [-0.1, -0.05) is 13.0 Å². The van der Waals surface area contributed by atoms with Crippen LogP contribution < -0.4 is 11.1 Å². The molecule has 0 spiro atoms. The number of anilines is 1. The molecule has 1 saturated heterocycles. The number of nitrogens with two attached hydrogens (primary N) is 1. The summed E-state index contributed by atoms with van der Waals surface area (Å²) in [7, 11) is 0. The molecule has 0 amide bonds. The van der Waals surface area contributed by atoms with E-state index in [1.54, 1.807) is 6.20 Å². The summed E-state index contributed by atoms with van der Waals surface area (Å²) >= 11 is 0. The maximum absolute atomic E-state index is 5.95. The summed E-state index contributed by atoms with van der Waals surface area (Å²) in [6.45, 7) is 6.52. The van der Waals surface area contributed by atoms with Crippen LogP contribution in [0.25, 0.3) is 0 Å². The Balaban J connectivity index is 2.18. The molecule has 0 saturated carbocycles. The SMILES string of the molecule is CC[C@@H](c1cccnc1N)N1CCNCC1. The van der Waals surface area contributed by atoms with Crippen LogP contribution in [0.3, 0.4) is 0 Å². The van der Waals surface area contributed by atoms with E-state index in [0.717, 1.165) is 32.6 Å². The van der Waals surface area contributed by atoms with E-state index in [0.29, 0.717) is 11.9 Å². The Hall–Kier alpha value is -1.13. The minimum atomic E-state index is 0.413. The van der Waals surface area contributed by atoms with Crippen molar-refractivity contribution < 1.29 is 0 Å². The molecule has 3 N–H and O–H groups in total. The number of hydrogen-bond donors (Lipinski definition) is 2. The van der Waals surface area contributed by atoms with Crippen LogP contribution >= 0.6 is 0 Å². The van der Waals surface area contributed by atoms with Gasteiger partial charge in [0.15, 0.2) is 0 Å². The fourth-order valence-corrected chi connectivity index (χ4v) is 2.38. The lowest BCUT2D eigenvalue weighted by atomic mass is 10.0. The van der Waals surface area contributed by atoms with Crippen LogP contribution in [0.5, 0.6) is 0 Å². The second-order valence-corrected chi connectivity index (χ2v) is 4.19. The fraction of sp³-hybridized carbons (Fsp3) is 0.583. The number of rotatable bonds is 3. The summed E-state index contributed by atoms with van der Waals surface area (Å²) in [5, 5.41) is 3.37. The van der Waals surface area contributed by atoms with Gasteiger partial charge in [-0.05, 0) is 12.5 Å². The van der Waals surface area contributed by atoms with Crippen molar-refractivity contribution in [2.24, 2.45) is 0 Å². The first-order valence-corrected chi connectivity index (χ1v) is 5.98. The molecule has 1 fully saturated rings. The van der Waals surface area contributed by atoms with E-state index in [9.17, 15) is 0 Å². The van der Waals surface area contributed by atoms with Gasteiger partial charge in [0.1, 0.15) is 5.82 Å². The Morgan fingerprint density at radius 1 is 1.50 bits per heavy atom. The van der Waals surface area contributed by atoms with Crippen LogP contribution in [0.2, 0.25) is 0 Å². The molecular weight excluding hydrogens is 200 g/mol. The van der Waals surface area contributed by atoms with E-state index in [2.05, 4.69) is 28.2 Å². The van der Waals surface area contributed by atoms with Crippen molar-refractivity contribution in [3.05, 3.63) is 23.9 Å². The number of nitrogens with zero attached hydrogens (tertiary/aromatic N) is 2. The Kier molecular flexibility index (Phi) is 3.74. The van der Waals surface area contributed by atoms with E-state index >= 15 is 0 Å². The first-order valence-electron chi connectivity index (χ1n) is 5.98. The molecule has 2 rings (SSSR count). The molecule has 1 aromatic rings. The summed E-state index contributed by atoms with van der Waals surface area (Å²) < 4.78 is 0. The number of nitrogens with one attached hydrogen (secondary N) is 1. The van der Waals surface area contributed by atoms with Gasteiger partial charge in [0.25, 0.3) is 0 Å². The van der Waals surface area contributed by atoms with Crippen molar-refractivity contribution in [2.75, 3.05) is 31.9 Å². The lowest BCUT2D eigenvalue weighted by Crippen LogP contribution is -2.45. The predicted molar refractivity (Wildman–Crippen MR) is 66.1 cm³/mol. The minimum Gasteiger partial charge on any atom is -0.383 e. The average Bonchev–Trinajstić information content (AvgIpc) is 2.34. The summed E-state index contributed by atoms with van der Waals surface area (Å²) in [5.41, 5.74) is 7.12. The highest BCUT2D eigenvalue weighted by Gasteiger charge is 2.22. The van der Waals surface area contributed by atoms with Crippen LogP contribution in [0.1, 0.15) is 24.9 Å². The Morgan fingerprint density at radius 3 is 2.88 bits per heavy atom. The second-order valence-electron chi connectivity index (χ2n) is 4.19. The molecule has 2 heterocycles. The standard InChI is InChI=1S/C12H20N4/c1-2-11(16-8-6-14-7-9-16)10-4-3-5-15-12(10)13/h3-5,11,14H,2,6-9H2,1H3,(H2,13,15)/t11-/m0/s1. The monoisotopic (exact) mass is 220 g/mol. The molecule has 1 aliphatic rings. The molecule has 0 radical (unpaired) electrons. The third-order valence-corrected chi connectivity index (χ3v) is 3.21. The molecule has 4 heteroatoms. The van der Waals surface area contributed by atoms with Gasteiger partial charge in [-0.3, -0.25) is 4.90 Å². The van der Waals surface area contributed by atoms with Crippen LogP contribution in [-0.4, -0.2) is 36.1 Å². The lowest BCUT2D eigenvalue weighted by molar-refractivity contribution is 0.169. The van der Waals surface area contributed by atoms with Gasteiger partial charge in [0.2, 0.25) is 0 Å². The van der Waals surface area contributed by atoms with Crippen LogP contribution in [0.15, 0.2) is 18.3 Å². The zero-order chi connectivity index (χ0) is 11.4. The first-order chi connectivity index (χ1) is 7.83. The van der Waals surface area contributed by atoms with Crippen molar-refractivity contribution >= 4 is 5.82 Å². The van der Waals surface area contributed by atoms with Crippen LogP contribution in [0.4, 0.5) is 5.82 Å². The van der Waals surface area contributed by atoms with Crippen molar-refractivity contribution in [2.45, 2.75) is 19.4 Å². The molecule has 88 valence electrons. The normalized spacial score (nSPS) is 19.6. The number of hydrogen-bond acceptors (Lipinski definition) is 4. The number of aromatic nitrogens is 1. The molecule has 4 nitrogen and oxygen atoms in total. The van der Waals surface area contributed by atoms with Gasteiger partial charge in [-0.2, -0.15) is 0 Å². The number of piperazine rings is 1. The second kappa shape index (κ2) is 5.27. The van der Waals surface area contributed by atoms with E-state index in [1.165, 1.54) is 5.56 Å². The van der Waals surface area contributed by atoms with Gasteiger partial charge in [-0.25, -0.2) is 4.98 Å². The van der Waals surface area contributed by atoms with Crippen molar-refractivity contribution in [3.8, 4) is 0 Å². The highest BCUT2D eigenvalue weighted by Crippen LogP contribution is 2.27. The van der Waals surface area contributed by atoms with Gasteiger partial charge in [-0.15, -0.1) is 0 Å². The van der Waals surface area contributed by atoms with E-state index in [4.69, 9.17) is 5.73 Å². The molecule has 1 aromatic heterocycles. The van der Waals surface area contributed by atoms with Gasteiger partial charge < -0.3 is 11.1 Å². The first kappa shape index (κ1) is 11.4. The summed E-state index contributed by atoms with van der Waals surface area (Å²) in [4.78, 5) is 6.67. The molecule has 0 aromatic carbocycles. The van der Waals surface area contributed by atoms with Crippen LogP contribution in [-0.2, 0) is 0 Å². The Morgan fingerprint density at radius 2 is 2.25 bits per heavy atom.